The third kappa shape index (κ3) is 5.11. The molecule has 144 valence electrons. The summed E-state index contributed by atoms with van der Waals surface area (Å²) >= 11 is 1.57. The zero-order chi connectivity index (χ0) is 19.8. The Hall–Kier alpha value is -2.31. The van der Waals surface area contributed by atoms with Crippen LogP contribution in [0.1, 0.15) is 11.1 Å². The number of hydrogen-bond acceptors (Lipinski definition) is 6. The highest BCUT2D eigenvalue weighted by Gasteiger charge is 2.51. The van der Waals surface area contributed by atoms with Gasteiger partial charge in [0.2, 0.25) is 0 Å². The summed E-state index contributed by atoms with van der Waals surface area (Å²) in [6.07, 6.45) is 3.91. The molecule has 1 aromatic rings. The lowest BCUT2D eigenvalue weighted by Crippen LogP contribution is -2.35. The van der Waals surface area contributed by atoms with E-state index >= 15 is 0 Å². The molecule has 0 bridgehead atoms. The summed E-state index contributed by atoms with van der Waals surface area (Å²) < 4.78 is 15.5. The van der Waals surface area contributed by atoms with Crippen molar-refractivity contribution in [1.29, 1.82) is 0 Å². The Morgan fingerprint density at radius 2 is 1.67 bits per heavy atom. The predicted octanol–water partition coefficient (Wildman–Crippen LogP) is 3.61. The molecule has 1 heterocycles. The monoisotopic (exact) mass is 388 g/mol. The van der Waals surface area contributed by atoms with Gasteiger partial charge in [-0.1, -0.05) is 43.0 Å². The van der Waals surface area contributed by atoms with Crippen molar-refractivity contribution in [2.24, 2.45) is 11.8 Å². The first-order valence-corrected chi connectivity index (χ1v) is 9.53. The van der Waals surface area contributed by atoms with E-state index in [1.54, 1.807) is 23.9 Å². The Kier molecular flexibility index (Phi) is 7.88. The Bertz CT molecular complexity index is 710. The van der Waals surface area contributed by atoms with Gasteiger partial charge in [-0.3, -0.25) is 9.59 Å². The Morgan fingerprint density at radius 1 is 1.07 bits per heavy atom. The Labute approximate surface area is 164 Å². The van der Waals surface area contributed by atoms with E-state index in [1.165, 1.54) is 25.9 Å². The van der Waals surface area contributed by atoms with Crippen molar-refractivity contribution in [1.82, 2.24) is 0 Å². The van der Waals surface area contributed by atoms with Crippen LogP contribution in [0.25, 0.3) is 6.08 Å². The van der Waals surface area contributed by atoms with Gasteiger partial charge < -0.3 is 14.2 Å². The van der Waals surface area contributed by atoms with Crippen LogP contribution in [0.2, 0.25) is 0 Å². The zero-order valence-corrected chi connectivity index (χ0v) is 16.3. The minimum absolute atomic E-state index is 0.505. The van der Waals surface area contributed by atoms with Crippen LogP contribution in [-0.2, 0) is 29.6 Å². The van der Waals surface area contributed by atoms with Gasteiger partial charge in [-0.05, 0) is 22.6 Å². The normalized spacial score (nSPS) is 24.5. The molecular weight excluding hydrogens is 364 g/mol. The highest BCUT2D eigenvalue weighted by atomic mass is 32.2. The van der Waals surface area contributed by atoms with Crippen molar-refractivity contribution in [3.63, 3.8) is 0 Å². The fourth-order valence-corrected chi connectivity index (χ4v) is 3.73. The molecule has 4 atom stereocenters. The van der Waals surface area contributed by atoms with Crippen molar-refractivity contribution in [2.75, 3.05) is 14.2 Å². The summed E-state index contributed by atoms with van der Waals surface area (Å²) in [5.74, 6) is -1.79. The van der Waals surface area contributed by atoms with Gasteiger partial charge in [0.05, 0.1) is 26.4 Å². The van der Waals surface area contributed by atoms with Gasteiger partial charge in [-0.2, -0.15) is 0 Å². The zero-order valence-electron chi connectivity index (χ0n) is 15.5. The second-order valence-electron chi connectivity index (χ2n) is 5.98. The Balaban J connectivity index is 2.06. The number of carbonyl (C=O) groups excluding carboxylic acids is 2. The highest BCUT2D eigenvalue weighted by Crippen LogP contribution is 2.36. The molecule has 4 unspecified atom stereocenters. The summed E-state index contributed by atoms with van der Waals surface area (Å²) in [6, 6.07) is 8.11. The van der Waals surface area contributed by atoms with Gasteiger partial charge in [0.15, 0.2) is 0 Å². The van der Waals surface area contributed by atoms with Crippen LogP contribution in [0, 0.1) is 11.8 Å². The number of esters is 2. The second kappa shape index (κ2) is 10.1. The Morgan fingerprint density at radius 3 is 2.19 bits per heavy atom. The molecular formula is C21H24O5S. The molecule has 1 fully saturated rings. The molecule has 1 aliphatic rings. The second-order valence-corrected chi connectivity index (χ2v) is 6.88. The first-order chi connectivity index (χ1) is 13.0. The van der Waals surface area contributed by atoms with Crippen molar-refractivity contribution in [2.45, 2.75) is 18.0 Å². The molecule has 5 nitrogen and oxygen atoms in total. The van der Waals surface area contributed by atoms with Crippen LogP contribution in [0.3, 0.4) is 0 Å². The van der Waals surface area contributed by atoms with Gasteiger partial charge in [0.1, 0.15) is 11.8 Å². The molecule has 0 aromatic heterocycles. The molecule has 0 radical (unpaired) electrons. The van der Waals surface area contributed by atoms with Crippen molar-refractivity contribution in [3.8, 4) is 0 Å². The average Bonchev–Trinajstić information content (AvgIpc) is 3.09. The molecule has 0 N–H and O–H groups in total. The molecule has 1 saturated heterocycles. The van der Waals surface area contributed by atoms with Crippen LogP contribution in [0.4, 0.5) is 0 Å². The lowest BCUT2D eigenvalue weighted by Gasteiger charge is -2.17. The van der Waals surface area contributed by atoms with Gasteiger partial charge >= 0.3 is 11.9 Å². The van der Waals surface area contributed by atoms with Gasteiger partial charge in [-0.25, -0.2) is 0 Å². The molecule has 2 rings (SSSR count). The number of thioether (sulfide) groups is 1. The SMILES string of the molecule is C=Cc1ccc(CS/C=C/C2OC(C=C)C(C(=O)OC)C2C(=O)OC)cc1. The van der Waals surface area contributed by atoms with Crippen molar-refractivity contribution in [3.05, 3.63) is 66.1 Å². The minimum atomic E-state index is -0.772. The molecule has 1 aromatic carbocycles. The first kappa shape index (κ1) is 21.0. The minimum Gasteiger partial charge on any atom is -0.469 e. The van der Waals surface area contributed by atoms with E-state index in [0.29, 0.717) is 0 Å². The smallest absolute Gasteiger partial charge is 0.312 e. The summed E-state index contributed by atoms with van der Waals surface area (Å²) in [7, 11) is 2.58. The fourth-order valence-electron chi connectivity index (χ4n) is 2.99. The van der Waals surface area contributed by atoms with Crippen LogP contribution in [0.15, 0.2) is 55.0 Å². The summed E-state index contributed by atoms with van der Waals surface area (Å²) in [5.41, 5.74) is 2.24. The molecule has 0 amide bonds. The molecule has 6 heteroatoms. The summed E-state index contributed by atoms with van der Waals surface area (Å²) in [4.78, 5) is 24.4. The maximum Gasteiger partial charge on any atom is 0.312 e. The molecule has 27 heavy (non-hydrogen) atoms. The topological polar surface area (TPSA) is 61.8 Å². The largest absolute Gasteiger partial charge is 0.469 e. The number of carbonyl (C=O) groups is 2. The number of hydrogen-bond donors (Lipinski definition) is 0. The van der Waals surface area contributed by atoms with Gasteiger partial charge in [0, 0.05) is 5.75 Å². The summed E-state index contributed by atoms with van der Waals surface area (Å²) in [6.45, 7) is 7.43. The molecule has 0 spiro atoms. The standard InChI is InChI=1S/C21H24O5S/c1-5-14-7-9-15(10-8-14)13-27-12-11-17-19(21(23)25-4)18(20(22)24-3)16(6-2)26-17/h5-12,16-19H,1-2,13H2,3-4H3/b12-11+. The number of rotatable bonds is 8. The van der Waals surface area contributed by atoms with Crippen LogP contribution in [-0.4, -0.2) is 38.4 Å². The lowest BCUT2D eigenvalue weighted by atomic mass is 9.87. The molecule has 0 saturated carbocycles. The number of ether oxygens (including phenoxy) is 3. The quantitative estimate of drug-likeness (QED) is 0.501. The van der Waals surface area contributed by atoms with Gasteiger partial charge in [0.25, 0.3) is 0 Å². The highest BCUT2D eigenvalue weighted by molar-refractivity contribution is 8.01. The van der Waals surface area contributed by atoms with Gasteiger partial charge in [-0.15, -0.1) is 18.3 Å². The molecule has 0 aliphatic carbocycles. The van der Waals surface area contributed by atoms with E-state index in [0.717, 1.165) is 11.3 Å². The first-order valence-electron chi connectivity index (χ1n) is 8.49. The third-order valence-corrected chi connectivity index (χ3v) is 5.27. The van der Waals surface area contributed by atoms with E-state index < -0.39 is 36.0 Å². The van der Waals surface area contributed by atoms with E-state index in [1.807, 2.05) is 29.7 Å². The van der Waals surface area contributed by atoms with Crippen molar-refractivity contribution < 1.29 is 23.8 Å². The van der Waals surface area contributed by atoms with Crippen LogP contribution >= 0.6 is 11.8 Å². The maximum absolute atomic E-state index is 12.2. The average molecular weight is 388 g/mol. The van der Waals surface area contributed by atoms with Crippen molar-refractivity contribution >= 4 is 29.8 Å². The van der Waals surface area contributed by atoms with Crippen LogP contribution in [0.5, 0.6) is 0 Å². The van der Waals surface area contributed by atoms with E-state index in [2.05, 4.69) is 13.2 Å². The maximum atomic E-state index is 12.2. The molecule has 1 aliphatic heterocycles. The number of benzene rings is 1. The predicted molar refractivity (Wildman–Crippen MR) is 107 cm³/mol. The van der Waals surface area contributed by atoms with E-state index in [9.17, 15) is 9.59 Å². The van der Waals surface area contributed by atoms with E-state index in [-0.39, 0.29) is 0 Å². The van der Waals surface area contributed by atoms with Crippen LogP contribution < -0.4 is 0 Å². The summed E-state index contributed by atoms with van der Waals surface area (Å²) in [5, 5.41) is 1.88. The lowest BCUT2D eigenvalue weighted by molar-refractivity contribution is -0.156. The number of methoxy groups -OCH3 is 2. The third-order valence-electron chi connectivity index (χ3n) is 4.42. The van der Waals surface area contributed by atoms with E-state index in [4.69, 9.17) is 14.2 Å². The fraction of sp³-hybridized carbons (Fsp3) is 0.333.